The number of benzene rings is 2. The van der Waals surface area contributed by atoms with E-state index in [1.54, 1.807) is 0 Å². The zero-order chi connectivity index (χ0) is 13.0. The third-order valence-corrected chi connectivity index (χ3v) is 3.06. The molecule has 2 nitrogen and oxygen atoms in total. The number of anilines is 1. The van der Waals surface area contributed by atoms with Gasteiger partial charge in [-0.2, -0.15) is 0 Å². The van der Waals surface area contributed by atoms with Gasteiger partial charge in [0.2, 0.25) is 0 Å². The lowest BCUT2D eigenvalue weighted by Gasteiger charge is -2.21. The predicted molar refractivity (Wildman–Crippen MR) is 75.7 cm³/mol. The maximum atomic E-state index is 10.2. The van der Waals surface area contributed by atoms with Crippen LogP contribution in [0.3, 0.4) is 0 Å². The van der Waals surface area contributed by atoms with Crippen LogP contribution in [0.2, 0.25) is 0 Å². The van der Waals surface area contributed by atoms with Crippen LogP contribution in [-0.4, -0.2) is 11.1 Å². The summed E-state index contributed by atoms with van der Waals surface area (Å²) in [6.45, 7) is 4.05. The van der Waals surface area contributed by atoms with Gasteiger partial charge in [0.05, 0.1) is 12.1 Å². The van der Waals surface area contributed by atoms with E-state index in [0.29, 0.717) is 0 Å². The summed E-state index contributed by atoms with van der Waals surface area (Å²) in [6.07, 6.45) is -0.507. The van der Waals surface area contributed by atoms with Gasteiger partial charge >= 0.3 is 0 Å². The van der Waals surface area contributed by atoms with Gasteiger partial charge in [-0.05, 0) is 31.5 Å². The fourth-order valence-corrected chi connectivity index (χ4v) is 1.93. The van der Waals surface area contributed by atoms with Gasteiger partial charge in [-0.1, -0.05) is 48.0 Å². The number of aliphatic hydroxyl groups is 1. The van der Waals surface area contributed by atoms with Crippen LogP contribution in [0, 0.1) is 6.92 Å². The molecule has 0 heterocycles. The minimum absolute atomic E-state index is 0.0323. The summed E-state index contributed by atoms with van der Waals surface area (Å²) in [6, 6.07) is 17.9. The molecule has 2 heteroatoms. The number of aryl methyl sites for hydroxylation is 1. The summed E-state index contributed by atoms with van der Waals surface area (Å²) in [7, 11) is 0. The van der Waals surface area contributed by atoms with Crippen molar-refractivity contribution in [3.63, 3.8) is 0 Å². The van der Waals surface area contributed by atoms with Gasteiger partial charge < -0.3 is 10.4 Å². The Hall–Kier alpha value is -1.80. The second-order valence-corrected chi connectivity index (χ2v) is 4.65. The molecule has 2 N–H and O–H groups in total. The summed E-state index contributed by atoms with van der Waals surface area (Å²) in [4.78, 5) is 0. The van der Waals surface area contributed by atoms with Crippen molar-refractivity contribution >= 4 is 5.69 Å². The lowest BCUT2D eigenvalue weighted by atomic mass is 10.0. The maximum absolute atomic E-state index is 10.2. The molecule has 0 bridgehead atoms. The van der Waals surface area contributed by atoms with E-state index in [-0.39, 0.29) is 6.04 Å². The number of aliphatic hydroxyl groups excluding tert-OH is 1. The summed E-state index contributed by atoms with van der Waals surface area (Å²) in [5.74, 6) is 0. The Morgan fingerprint density at radius 1 is 0.944 bits per heavy atom. The van der Waals surface area contributed by atoms with E-state index in [2.05, 4.69) is 24.4 Å². The first-order chi connectivity index (χ1) is 8.66. The summed E-state index contributed by atoms with van der Waals surface area (Å²) in [5.41, 5.74) is 3.20. The smallest absolute Gasteiger partial charge is 0.0988 e. The Kier molecular flexibility index (Phi) is 4.00. The molecule has 0 saturated heterocycles. The van der Waals surface area contributed by atoms with Gasteiger partial charge in [0.25, 0.3) is 0 Å². The molecular formula is C16H19NO. The van der Waals surface area contributed by atoms with E-state index < -0.39 is 6.10 Å². The largest absolute Gasteiger partial charge is 0.386 e. The first kappa shape index (κ1) is 12.7. The van der Waals surface area contributed by atoms with Crippen LogP contribution >= 0.6 is 0 Å². The quantitative estimate of drug-likeness (QED) is 0.858. The monoisotopic (exact) mass is 241 g/mol. The maximum Gasteiger partial charge on any atom is 0.0988 e. The molecule has 0 unspecified atom stereocenters. The zero-order valence-electron chi connectivity index (χ0n) is 10.8. The lowest BCUT2D eigenvalue weighted by Crippen LogP contribution is -2.23. The van der Waals surface area contributed by atoms with Gasteiger partial charge in [0.15, 0.2) is 0 Å². The highest BCUT2D eigenvalue weighted by atomic mass is 16.3. The standard InChI is InChI=1S/C16H19NO/c1-12-8-10-15(11-9-12)17-13(2)16(18)14-6-4-3-5-7-14/h3-11,13,16-18H,1-2H3/t13-,16-/m1/s1. The minimum Gasteiger partial charge on any atom is -0.386 e. The topological polar surface area (TPSA) is 32.3 Å². The molecule has 0 spiro atoms. The second kappa shape index (κ2) is 5.69. The molecule has 0 radical (unpaired) electrons. The van der Waals surface area contributed by atoms with Crippen molar-refractivity contribution in [2.45, 2.75) is 26.0 Å². The number of hydrogen-bond acceptors (Lipinski definition) is 2. The lowest BCUT2D eigenvalue weighted by molar-refractivity contribution is 0.161. The van der Waals surface area contributed by atoms with Crippen LogP contribution in [0.1, 0.15) is 24.2 Å². The molecule has 0 fully saturated rings. The van der Waals surface area contributed by atoms with E-state index in [1.807, 2.05) is 49.4 Å². The molecule has 18 heavy (non-hydrogen) atoms. The molecule has 0 amide bonds. The van der Waals surface area contributed by atoms with E-state index in [0.717, 1.165) is 11.3 Å². The highest BCUT2D eigenvalue weighted by molar-refractivity contribution is 5.45. The molecule has 0 aliphatic carbocycles. The minimum atomic E-state index is -0.507. The van der Waals surface area contributed by atoms with E-state index in [1.165, 1.54) is 5.56 Å². The van der Waals surface area contributed by atoms with E-state index >= 15 is 0 Å². The molecular weight excluding hydrogens is 222 g/mol. The van der Waals surface area contributed by atoms with Crippen molar-refractivity contribution in [3.05, 3.63) is 65.7 Å². The van der Waals surface area contributed by atoms with Crippen molar-refractivity contribution in [2.75, 3.05) is 5.32 Å². The Morgan fingerprint density at radius 2 is 1.56 bits per heavy atom. The fourth-order valence-electron chi connectivity index (χ4n) is 1.93. The SMILES string of the molecule is Cc1ccc(N[C@H](C)[C@@H](O)c2ccccc2)cc1. The van der Waals surface area contributed by atoms with Crippen LogP contribution in [0.25, 0.3) is 0 Å². The number of rotatable bonds is 4. The third-order valence-electron chi connectivity index (χ3n) is 3.06. The van der Waals surface area contributed by atoms with Crippen LogP contribution in [-0.2, 0) is 0 Å². The Bertz CT molecular complexity index is 478. The molecule has 2 aromatic rings. The molecule has 0 aliphatic heterocycles. The summed E-state index contributed by atoms with van der Waals surface area (Å²) < 4.78 is 0. The first-order valence-electron chi connectivity index (χ1n) is 6.23. The van der Waals surface area contributed by atoms with Crippen molar-refractivity contribution in [1.82, 2.24) is 0 Å². The third kappa shape index (κ3) is 3.11. The number of hydrogen-bond donors (Lipinski definition) is 2. The van der Waals surface area contributed by atoms with Crippen molar-refractivity contribution in [1.29, 1.82) is 0 Å². The molecule has 0 aromatic heterocycles. The van der Waals surface area contributed by atoms with Gasteiger partial charge in [0, 0.05) is 5.69 Å². The normalized spacial score (nSPS) is 13.9. The summed E-state index contributed by atoms with van der Waals surface area (Å²) >= 11 is 0. The molecule has 2 atom stereocenters. The average molecular weight is 241 g/mol. The highest BCUT2D eigenvalue weighted by Gasteiger charge is 2.15. The van der Waals surface area contributed by atoms with Crippen LogP contribution < -0.4 is 5.32 Å². The fraction of sp³-hybridized carbons (Fsp3) is 0.250. The van der Waals surface area contributed by atoms with Crippen LogP contribution in [0.5, 0.6) is 0 Å². The van der Waals surface area contributed by atoms with E-state index in [4.69, 9.17) is 0 Å². The molecule has 0 aliphatic rings. The van der Waals surface area contributed by atoms with E-state index in [9.17, 15) is 5.11 Å². The van der Waals surface area contributed by atoms with Crippen LogP contribution in [0.15, 0.2) is 54.6 Å². The highest BCUT2D eigenvalue weighted by Crippen LogP contribution is 2.20. The van der Waals surface area contributed by atoms with Gasteiger partial charge in [-0.3, -0.25) is 0 Å². The summed E-state index contributed by atoms with van der Waals surface area (Å²) in [5, 5.41) is 13.6. The Labute approximate surface area is 108 Å². The van der Waals surface area contributed by atoms with Gasteiger partial charge in [-0.25, -0.2) is 0 Å². The van der Waals surface area contributed by atoms with Crippen molar-refractivity contribution < 1.29 is 5.11 Å². The Morgan fingerprint density at radius 3 is 2.17 bits per heavy atom. The Balaban J connectivity index is 2.03. The zero-order valence-corrected chi connectivity index (χ0v) is 10.8. The molecule has 94 valence electrons. The molecule has 2 aromatic carbocycles. The van der Waals surface area contributed by atoms with Crippen molar-refractivity contribution in [2.24, 2.45) is 0 Å². The second-order valence-electron chi connectivity index (χ2n) is 4.65. The average Bonchev–Trinajstić information content (AvgIpc) is 2.41. The van der Waals surface area contributed by atoms with Gasteiger partial charge in [0.1, 0.15) is 0 Å². The molecule has 2 rings (SSSR count). The molecule has 0 saturated carbocycles. The number of nitrogens with one attached hydrogen (secondary N) is 1. The van der Waals surface area contributed by atoms with Crippen molar-refractivity contribution in [3.8, 4) is 0 Å². The van der Waals surface area contributed by atoms with Gasteiger partial charge in [-0.15, -0.1) is 0 Å². The van der Waals surface area contributed by atoms with Crippen LogP contribution in [0.4, 0.5) is 5.69 Å². The predicted octanol–water partition coefficient (Wildman–Crippen LogP) is 3.53. The first-order valence-corrected chi connectivity index (χ1v) is 6.23.